The molecule has 32 heavy (non-hydrogen) atoms. The molecular formula is C26H29FN2O3. The van der Waals surface area contributed by atoms with Crippen LogP contribution in [-0.2, 0) is 16.0 Å². The Morgan fingerprint density at radius 1 is 0.969 bits per heavy atom. The van der Waals surface area contributed by atoms with Crippen LogP contribution >= 0.6 is 0 Å². The fraction of sp³-hybridized carbons (Fsp3) is 0.385. The first-order chi connectivity index (χ1) is 15.2. The molecule has 0 fully saturated rings. The van der Waals surface area contributed by atoms with Crippen molar-refractivity contribution in [3.05, 3.63) is 59.5 Å². The lowest BCUT2D eigenvalue weighted by Gasteiger charge is -2.19. The molecule has 0 spiro atoms. The number of hydrogen-bond donors (Lipinski definition) is 0. The topological polar surface area (TPSA) is 69.2 Å². The van der Waals surface area contributed by atoms with Crippen molar-refractivity contribution in [3.8, 4) is 11.3 Å². The molecule has 0 saturated carbocycles. The number of fused-ring (bicyclic) bond motifs is 1. The fourth-order valence-electron chi connectivity index (χ4n) is 3.44. The summed E-state index contributed by atoms with van der Waals surface area (Å²) in [6, 6.07) is 11.5. The molecule has 5 nitrogen and oxygen atoms in total. The molecule has 3 aromatic rings. The molecular weight excluding hydrogens is 407 g/mol. The number of nitrogens with zero attached hydrogens (tertiary/aromatic N) is 2. The lowest BCUT2D eigenvalue weighted by Crippen LogP contribution is -2.23. The summed E-state index contributed by atoms with van der Waals surface area (Å²) in [4.78, 5) is 33.7. The number of carbonyl (C=O) groups is 2. The van der Waals surface area contributed by atoms with Gasteiger partial charge in [0.15, 0.2) is 5.78 Å². The van der Waals surface area contributed by atoms with E-state index < -0.39 is 5.60 Å². The molecule has 0 atom stereocenters. The Labute approximate surface area is 188 Å². The highest BCUT2D eigenvalue weighted by Crippen LogP contribution is 2.26. The molecule has 0 aliphatic carbocycles. The van der Waals surface area contributed by atoms with E-state index in [1.807, 2.05) is 27.7 Å². The predicted molar refractivity (Wildman–Crippen MR) is 123 cm³/mol. The second kappa shape index (κ2) is 9.98. The smallest absolute Gasteiger partial charge is 0.306 e. The molecule has 1 aromatic heterocycles. The van der Waals surface area contributed by atoms with Crippen molar-refractivity contribution in [2.75, 3.05) is 0 Å². The molecule has 0 radical (unpaired) electrons. The molecule has 6 heteroatoms. The van der Waals surface area contributed by atoms with Gasteiger partial charge in [0.25, 0.3) is 0 Å². The molecule has 1 heterocycles. The number of carbonyl (C=O) groups excluding carboxylic acids is 2. The van der Waals surface area contributed by atoms with E-state index in [-0.39, 0.29) is 17.6 Å². The summed E-state index contributed by atoms with van der Waals surface area (Å²) in [5.74, 6) is -0.483. The molecule has 3 rings (SSSR count). The first kappa shape index (κ1) is 23.5. The van der Waals surface area contributed by atoms with E-state index in [4.69, 9.17) is 14.7 Å². The number of ether oxygens (including phenoxy) is 1. The van der Waals surface area contributed by atoms with E-state index in [1.54, 1.807) is 30.3 Å². The summed E-state index contributed by atoms with van der Waals surface area (Å²) in [6.45, 7) is 7.37. The van der Waals surface area contributed by atoms with Crippen molar-refractivity contribution >= 4 is 22.8 Å². The average Bonchev–Trinajstić information content (AvgIpc) is 2.74. The van der Waals surface area contributed by atoms with Crippen molar-refractivity contribution in [3.63, 3.8) is 0 Å². The van der Waals surface area contributed by atoms with E-state index >= 15 is 0 Å². The van der Waals surface area contributed by atoms with Crippen molar-refractivity contribution in [2.24, 2.45) is 0 Å². The second-order valence-corrected chi connectivity index (χ2v) is 8.80. The number of halogens is 1. The van der Waals surface area contributed by atoms with Crippen LogP contribution in [0.25, 0.3) is 22.3 Å². The SMILES string of the molecule is CCC(=O)c1ccc2nc(-c3ccc(F)cc3)c(CCCCC(=O)OC(C)(C)C)nc2c1. The second-order valence-electron chi connectivity index (χ2n) is 8.80. The maximum absolute atomic E-state index is 13.4. The lowest BCUT2D eigenvalue weighted by atomic mass is 10.0. The van der Waals surface area contributed by atoms with Crippen LogP contribution in [0.1, 0.15) is 69.4 Å². The normalized spacial score (nSPS) is 11.5. The van der Waals surface area contributed by atoms with Crippen molar-refractivity contribution in [2.45, 2.75) is 65.4 Å². The summed E-state index contributed by atoms with van der Waals surface area (Å²) in [5, 5.41) is 0. The van der Waals surface area contributed by atoms with Crippen LogP contribution in [0.2, 0.25) is 0 Å². The van der Waals surface area contributed by atoms with Gasteiger partial charge in [-0.1, -0.05) is 6.92 Å². The largest absolute Gasteiger partial charge is 0.460 e. The molecule has 0 saturated heterocycles. The molecule has 168 valence electrons. The van der Waals surface area contributed by atoms with Gasteiger partial charge in [0, 0.05) is 24.0 Å². The minimum Gasteiger partial charge on any atom is -0.460 e. The first-order valence-corrected chi connectivity index (χ1v) is 11.0. The van der Waals surface area contributed by atoms with Gasteiger partial charge in [-0.15, -0.1) is 0 Å². The number of ketones is 1. The Morgan fingerprint density at radius 2 is 1.69 bits per heavy atom. The van der Waals surface area contributed by atoms with Crippen molar-refractivity contribution in [1.29, 1.82) is 0 Å². The fourth-order valence-corrected chi connectivity index (χ4v) is 3.44. The lowest BCUT2D eigenvalue weighted by molar-refractivity contribution is -0.154. The predicted octanol–water partition coefficient (Wildman–Crippen LogP) is 6.08. The molecule has 2 aromatic carbocycles. The van der Waals surface area contributed by atoms with Crippen LogP contribution in [0.15, 0.2) is 42.5 Å². The summed E-state index contributed by atoms with van der Waals surface area (Å²) in [5.41, 5.74) is 3.66. The van der Waals surface area contributed by atoms with Gasteiger partial charge in [-0.25, -0.2) is 14.4 Å². The van der Waals surface area contributed by atoms with Gasteiger partial charge >= 0.3 is 5.97 Å². The molecule has 0 bridgehead atoms. The van der Waals surface area contributed by atoms with Gasteiger partial charge in [-0.2, -0.15) is 0 Å². The molecule has 0 N–H and O–H groups in total. The molecule has 0 unspecified atom stereocenters. The number of benzene rings is 2. The Morgan fingerprint density at radius 3 is 2.34 bits per heavy atom. The highest BCUT2D eigenvalue weighted by molar-refractivity contribution is 5.98. The number of esters is 1. The summed E-state index contributed by atoms with van der Waals surface area (Å²) in [7, 11) is 0. The van der Waals surface area contributed by atoms with Gasteiger partial charge in [0.1, 0.15) is 11.4 Å². The number of rotatable bonds is 8. The number of unbranched alkanes of at least 4 members (excludes halogenated alkanes) is 1. The zero-order valence-corrected chi connectivity index (χ0v) is 19.1. The van der Waals surface area contributed by atoms with Crippen LogP contribution in [0.3, 0.4) is 0 Å². The summed E-state index contributed by atoms with van der Waals surface area (Å²) >= 11 is 0. The maximum Gasteiger partial charge on any atom is 0.306 e. The van der Waals surface area contributed by atoms with Crippen molar-refractivity contribution < 1.29 is 18.7 Å². The van der Waals surface area contributed by atoms with Crippen LogP contribution in [0.4, 0.5) is 4.39 Å². The average molecular weight is 437 g/mol. The van der Waals surface area contributed by atoms with Crippen LogP contribution in [0.5, 0.6) is 0 Å². The zero-order chi connectivity index (χ0) is 23.3. The number of aryl methyl sites for hydroxylation is 1. The Bertz CT molecular complexity index is 1120. The Balaban J connectivity index is 1.86. The minimum atomic E-state index is -0.496. The standard InChI is InChI=1S/C26H29FN2O3/c1-5-23(30)18-12-15-20-22(16-18)28-21(8-6-7-9-24(31)32-26(2,3)4)25(29-20)17-10-13-19(27)14-11-17/h10-16H,5-9H2,1-4H3. The number of aromatic nitrogens is 2. The Hall–Kier alpha value is -3.15. The van der Waals surface area contributed by atoms with E-state index in [2.05, 4.69) is 0 Å². The maximum atomic E-state index is 13.4. The Kier molecular flexibility index (Phi) is 7.33. The molecule has 0 aliphatic rings. The van der Waals surface area contributed by atoms with Crippen molar-refractivity contribution in [1.82, 2.24) is 9.97 Å². The zero-order valence-electron chi connectivity index (χ0n) is 19.1. The third-order valence-electron chi connectivity index (χ3n) is 4.96. The monoisotopic (exact) mass is 436 g/mol. The van der Waals surface area contributed by atoms with E-state index in [1.165, 1.54) is 12.1 Å². The minimum absolute atomic E-state index is 0.0511. The first-order valence-electron chi connectivity index (χ1n) is 11.0. The number of hydrogen-bond acceptors (Lipinski definition) is 5. The third-order valence-corrected chi connectivity index (χ3v) is 4.96. The quantitative estimate of drug-likeness (QED) is 0.243. The number of Topliss-reactive ketones (excluding diaryl/α,β-unsaturated/α-hetero) is 1. The summed E-state index contributed by atoms with van der Waals surface area (Å²) < 4.78 is 18.8. The van der Waals surface area contributed by atoms with E-state index in [0.717, 1.165) is 17.7 Å². The molecule has 0 amide bonds. The van der Waals surface area contributed by atoms with E-state index in [0.29, 0.717) is 48.0 Å². The van der Waals surface area contributed by atoms with Crippen LogP contribution in [0, 0.1) is 5.82 Å². The van der Waals surface area contributed by atoms with E-state index in [9.17, 15) is 14.0 Å². The van der Waals surface area contributed by atoms with Gasteiger partial charge in [-0.05, 0) is 82.5 Å². The highest BCUT2D eigenvalue weighted by Gasteiger charge is 2.17. The van der Waals surface area contributed by atoms with Crippen LogP contribution < -0.4 is 0 Å². The van der Waals surface area contributed by atoms with Gasteiger partial charge in [0.2, 0.25) is 0 Å². The van der Waals surface area contributed by atoms with Crippen LogP contribution in [-0.4, -0.2) is 27.3 Å². The van der Waals surface area contributed by atoms with Gasteiger partial charge < -0.3 is 4.74 Å². The third kappa shape index (κ3) is 6.19. The van der Waals surface area contributed by atoms with Gasteiger partial charge in [0.05, 0.1) is 22.4 Å². The highest BCUT2D eigenvalue weighted by atomic mass is 19.1. The molecule has 0 aliphatic heterocycles. The van der Waals surface area contributed by atoms with Gasteiger partial charge in [-0.3, -0.25) is 9.59 Å². The summed E-state index contributed by atoms with van der Waals surface area (Å²) in [6.07, 6.45) is 2.74.